The number of fused-ring (bicyclic) bond motifs is 8. The van der Waals surface area contributed by atoms with Crippen LogP contribution in [0, 0.1) is 11.8 Å². The first-order valence-corrected chi connectivity index (χ1v) is 7.88. The van der Waals surface area contributed by atoms with Crippen molar-refractivity contribution in [3.8, 4) is 0 Å². The van der Waals surface area contributed by atoms with E-state index < -0.39 is 0 Å². The third-order valence-corrected chi connectivity index (χ3v) is 5.04. The molecular formula is C15H29B. The van der Waals surface area contributed by atoms with Gasteiger partial charge in [0, 0.05) is 0 Å². The molecule has 0 radical (unpaired) electrons. The van der Waals surface area contributed by atoms with Crippen molar-refractivity contribution in [2.24, 2.45) is 11.8 Å². The summed E-state index contributed by atoms with van der Waals surface area (Å²) in [6.45, 7) is 3.46. The van der Waals surface area contributed by atoms with Crippen molar-refractivity contribution in [3.05, 3.63) is 0 Å². The molecule has 92 valence electrons. The fraction of sp³-hybridized carbons (Fsp3) is 1.00. The van der Waals surface area contributed by atoms with Crippen LogP contribution in [0.3, 0.4) is 0 Å². The van der Waals surface area contributed by atoms with E-state index in [-0.39, 0.29) is 0 Å². The maximum atomic E-state index is 2.36. The van der Waals surface area contributed by atoms with Crippen LogP contribution in [0.15, 0.2) is 0 Å². The Morgan fingerprint density at radius 2 is 1.62 bits per heavy atom. The molecule has 0 aromatic rings. The van der Waals surface area contributed by atoms with Gasteiger partial charge in [0.2, 0.25) is 0 Å². The smallest absolute Gasteiger partial charge is 0.0741 e. The minimum absolute atomic E-state index is 1.08. The van der Waals surface area contributed by atoms with Crippen molar-refractivity contribution in [2.75, 3.05) is 0 Å². The lowest BCUT2D eigenvalue weighted by atomic mass is 9.38. The van der Waals surface area contributed by atoms with Gasteiger partial charge in [0.1, 0.15) is 6.71 Å². The zero-order valence-corrected chi connectivity index (χ0v) is 11.2. The second kappa shape index (κ2) is 6.72. The quantitative estimate of drug-likeness (QED) is 0.556. The summed E-state index contributed by atoms with van der Waals surface area (Å²) >= 11 is 0. The molecule has 0 N–H and O–H groups in total. The molecule has 0 saturated carbocycles. The van der Waals surface area contributed by atoms with Crippen molar-refractivity contribution >= 4 is 6.71 Å². The minimum atomic E-state index is 1.08. The summed E-state index contributed by atoms with van der Waals surface area (Å²) in [5, 5.41) is 0. The van der Waals surface area contributed by atoms with Crippen LogP contribution < -0.4 is 0 Å². The lowest BCUT2D eigenvalue weighted by molar-refractivity contribution is 0.353. The summed E-state index contributed by atoms with van der Waals surface area (Å²) in [6, 6.07) is 0. The van der Waals surface area contributed by atoms with Crippen LogP contribution in [0.25, 0.3) is 0 Å². The molecule has 0 amide bonds. The van der Waals surface area contributed by atoms with Gasteiger partial charge in [0.15, 0.2) is 0 Å². The Hall–Kier alpha value is 0.0649. The fourth-order valence-electron chi connectivity index (χ4n) is 4.16. The molecule has 3 aliphatic heterocycles. The van der Waals surface area contributed by atoms with E-state index in [0.29, 0.717) is 0 Å². The molecular weight excluding hydrogens is 191 g/mol. The van der Waals surface area contributed by atoms with Gasteiger partial charge in [-0.1, -0.05) is 83.7 Å². The van der Waals surface area contributed by atoms with Gasteiger partial charge >= 0.3 is 0 Å². The zero-order valence-electron chi connectivity index (χ0n) is 11.2. The molecule has 3 saturated heterocycles. The first-order chi connectivity index (χ1) is 7.88. The molecule has 0 aromatic heterocycles. The molecule has 3 aliphatic rings. The summed E-state index contributed by atoms with van der Waals surface area (Å²) in [5.74, 6) is 2.17. The highest BCUT2D eigenvalue weighted by Crippen LogP contribution is 2.34. The Morgan fingerprint density at radius 1 is 0.938 bits per heavy atom. The molecule has 1 atom stereocenters. The van der Waals surface area contributed by atoms with Crippen LogP contribution in [0.5, 0.6) is 0 Å². The molecule has 3 fully saturated rings. The van der Waals surface area contributed by atoms with Crippen LogP contribution in [0.1, 0.15) is 64.7 Å². The average molecular weight is 220 g/mol. The molecule has 1 unspecified atom stereocenters. The highest BCUT2D eigenvalue weighted by molar-refractivity contribution is 6.58. The Labute approximate surface area is 103 Å². The van der Waals surface area contributed by atoms with Crippen LogP contribution >= 0.6 is 0 Å². The van der Waals surface area contributed by atoms with Gasteiger partial charge in [-0.05, 0) is 11.8 Å². The monoisotopic (exact) mass is 220 g/mol. The number of hydrogen-bond donors (Lipinski definition) is 0. The molecule has 3 rings (SSSR count). The van der Waals surface area contributed by atoms with E-state index in [4.69, 9.17) is 0 Å². The van der Waals surface area contributed by atoms with E-state index in [1.165, 1.54) is 32.1 Å². The summed E-state index contributed by atoms with van der Waals surface area (Å²) in [6.07, 6.45) is 18.4. The third-order valence-electron chi connectivity index (χ3n) is 5.04. The standard InChI is InChI=1S/C15H29B/c1-2-6-15-8-3-7-14-9-4-11-16(13-15)12-5-10-14/h14-15H,2-13H2,1H3. The Kier molecular flexibility index (Phi) is 5.26. The maximum Gasteiger partial charge on any atom is 0.140 e. The first-order valence-electron chi connectivity index (χ1n) is 7.88. The van der Waals surface area contributed by atoms with Crippen LogP contribution in [0.4, 0.5) is 0 Å². The van der Waals surface area contributed by atoms with Crippen LogP contribution in [0.2, 0.25) is 19.0 Å². The average Bonchev–Trinajstić information content (AvgIpc) is 2.26. The third kappa shape index (κ3) is 3.82. The maximum absolute atomic E-state index is 2.36. The highest BCUT2D eigenvalue weighted by Gasteiger charge is 2.24. The fourth-order valence-corrected chi connectivity index (χ4v) is 4.16. The largest absolute Gasteiger partial charge is 0.140 e. The second-order valence-electron chi connectivity index (χ2n) is 6.42. The van der Waals surface area contributed by atoms with E-state index in [2.05, 4.69) is 6.92 Å². The van der Waals surface area contributed by atoms with Gasteiger partial charge in [-0.3, -0.25) is 0 Å². The Balaban J connectivity index is 1.93. The lowest BCUT2D eigenvalue weighted by Gasteiger charge is -2.29. The summed E-state index contributed by atoms with van der Waals surface area (Å²) in [7, 11) is 0. The number of rotatable bonds is 2. The molecule has 16 heavy (non-hydrogen) atoms. The van der Waals surface area contributed by atoms with Crippen molar-refractivity contribution in [2.45, 2.75) is 83.7 Å². The van der Waals surface area contributed by atoms with Crippen LogP contribution in [-0.4, -0.2) is 6.71 Å². The second-order valence-corrected chi connectivity index (χ2v) is 6.42. The topological polar surface area (TPSA) is 0 Å². The van der Waals surface area contributed by atoms with Crippen molar-refractivity contribution in [1.82, 2.24) is 0 Å². The highest BCUT2D eigenvalue weighted by atomic mass is 14.2. The molecule has 3 heterocycles. The minimum Gasteiger partial charge on any atom is -0.0741 e. The molecule has 0 aliphatic carbocycles. The molecule has 1 heteroatoms. The molecule has 0 nitrogen and oxygen atoms in total. The van der Waals surface area contributed by atoms with E-state index in [0.717, 1.165) is 18.5 Å². The van der Waals surface area contributed by atoms with Gasteiger partial charge in [0.25, 0.3) is 0 Å². The Bertz CT molecular complexity index is 180. The predicted octanol–water partition coefficient (Wildman–Crippen LogP) is 5.27. The predicted molar refractivity (Wildman–Crippen MR) is 74.4 cm³/mol. The molecule has 0 spiro atoms. The summed E-state index contributed by atoms with van der Waals surface area (Å²) < 4.78 is 0. The Morgan fingerprint density at radius 3 is 2.31 bits per heavy atom. The number of hydrogen-bond acceptors (Lipinski definition) is 0. The van der Waals surface area contributed by atoms with E-state index in [9.17, 15) is 0 Å². The lowest BCUT2D eigenvalue weighted by Crippen LogP contribution is -2.22. The van der Waals surface area contributed by atoms with Gasteiger partial charge in [-0.2, -0.15) is 0 Å². The van der Waals surface area contributed by atoms with E-state index >= 15 is 0 Å². The first kappa shape index (κ1) is 12.5. The zero-order chi connectivity index (χ0) is 11.2. The van der Waals surface area contributed by atoms with E-state index in [1.807, 2.05) is 0 Å². The van der Waals surface area contributed by atoms with Crippen molar-refractivity contribution in [3.63, 3.8) is 0 Å². The van der Waals surface area contributed by atoms with Gasteiger partial charge in [-0.25, -0.2) is 0 Å². The normalized spacial score (nSPS) is 32.4. The van der Waals surface area contributed by atoms with Crippen molar-refractivity contribution in [1.29, 1.82) is 0 Å². The van der Waals surface area contributed by atoms with Crippen LogP contribution in [-0.2, 0) is 0 Å². The van der Waals surface area contributed by atoms with Gasteiger partial charge < -0.3 is 0 Å². The van der Waals surface area contributed by atoms with Gasteiger partial charge in [-0.15, -0.1) is 0 Å². The summed E-state index contributed by atoms with van der Waals surface area (Å²) in [5.41, 5.74) is 0. The SMILES string of the molecule is CCCC1CCCC2CCCB(CCC2)C1. The van der Waals surface area contributed by atoms with E-state index in [1.54, 1.807) is 44.6 Å². The summed E-state index contributed by atoms with van der Waals surface area (Å²) in [4.78, 5) is 0. The van der Waals surface area contributed by atoms with Gasteiger partial charge in [0.05, 0.1) is 0 Å². The van der Waals surface area contributed by atoms with Crippen molar-refractivity contribution < 1.29 is 0 Å². The molecule has 2 bridgehead atoms. The molecule has 0 aromatic carbocycles.